The van der Waals surface area contributed by atoms with E-state index in [-0.39, 0.29) is 10.8 Å². The highest BCUT2D eigenvalue weighted by Crippen LogP contribution is 2.23. The van der Waals surface area contributed by atoms with Crippen LogP contribution in [-0.4, -0.2) is 31.7 Å². The summed E-state index contributed by atoms with van der Waals surface area (Å²) in [6, 6.07) is 12.0. The minimum atomic E-state index is -3.56. The number of rotatable bonds is 6. The molecule has 2 rings (SSSR count). The van der Waals surface area contributed by atoms with Crippen molar-refractivity contribution < 1.29 is 13.2 Å². The predicted molar refractivity (Wildman–Crippen MR) is 100 cm³/mol. The van der Waals surface area contributed by atoms with E-state index < -0.39 is 10.0 Å². The van der Waals surface area contributed by atoms with Crippen LogP contribution in [0.3, 0.4) is 0 Å². The second-order valence-electron chi connectivity index (χ2n) is 5.89. The fourth-order valence-electron chi connectivity index (χ4n) is 2.51. The molecule has 0 aliphatic heterocycles. The van der Waals surface area contributed by atoms with Gasteiger partial charge in [0.2, 0.25) is 10.0 Å². The largest absolute Gasteiger partial charge is 0.322 e. The molecule has 0 saturated heterocycles. The van der Waals surface area contributed by atoms with E-state index in [9.17, 15) is 13.2 Å². The van der Waals surface area contributed by atoms with Gasteiger partial charge in [0.1, 0.15) is 0 Å². The van der Waals surface area contributed by atoms with Gasteiger partial charge in [-0.15, -0.1) is 0 Å². The molecule has 0 spiro atoms. The van der Waals surface area contributed by atoms with Gasteiger partial charge in [-0.3, -0.25) is 4.79 Å². The summed E-state index contributed by atoms with van der Waals surface area (Å²) >= 11 is 0. The average Bonchev–Trinajstić information content (AvgIpc) is 2.58. The molecular weight excluding hydrogens is 336 g/mol. The maximum absolute atomic E-state index is 12.7. The van der Waals surface area contributed by atoms with E-state index in [1.807, 2.05) is 26.0 Å². The van der Waals surface area contributed by atoms with Crippen molar-refractivity contribution in [3.05, 3.63) is 59.2 Å². The number of carbonyl (C=O) groups is 1. The molecule has 0 saturated carbocycles. The van der Waals surface area contributed by atoms with Gasteiger partial charge in [-0.1, -0.05) is 37.6 Å². The van der Waals surface area contributed by atoms with Crippen LogP contribution >= 0.6 is 0 Å². The Balaban J connectivity index is 2.33. The van der Waals surface area contributed by atoms with Gasteiger partial charge < -0.3 is 5.32 Å². The van der Waals surface area contributed by atoms with Gasteiger partial charge in [-0.2, -0.15) is 4.31 Å². The van der Waals surface area contributed by atoms with Crippen molar-refractivity contribution in [2.45, 2.75) is 32.6 Å². The minimum Gasteiger partial charge on any atom is -0.322 e. The summed E-state index contributed by atoms with van der Waals surface area (Å²) < 4.78 is 26.7. The third-order valence-electron chi connectivity index (χ3n) is 4.11. The Morgan fingerprint density at radius 3 is 2.16 bits per heavy atom. The van der Waals surface area contributed by atoms with Crippen molar-refractivity contribution in [1.82, 2.24) is 4.31 Å². The molecule has 25 heavy (non-hydrogen) atoms. The van der Waals surface area contributed by atoms with Crippen LogP contribution < -0.4 is 5.32 Å². The van der Waals surface area contributed by atoms with Crippen LogP contribution in [0.5, 0.6) is 0 Å². The molecule has 2 aromatic rings. The van der Waals surface area contributed by atoms with Gasteiger partial charge in [-0.25, -0.2) is 8.42 Å². The number of amides is 1. The molecule has 0 atom stereocenters. The Bertz CT molecular complexity index is 855. The zero-order valence-corrected chi connectivity index (χ0v) is 15.9. The lowest BCUT2D eigenvalue weighted by atomic mass is 10.1. The van der Waals surface area contributed by atoms with Crippen molar-refractivity contribution in [3.63, 3.8) is 0 Å². The predicted octanol–water partition coefficient (Wildman–Crippen LogP) is 3.59. The van der Waals surface area contributed by atoms with Gasteiger partial charge in [0.15, 0.2) is 0 Å². The molecule has 134 valence electrons. The van der Waals surface area contributed by atoms with E-state index in [0.29, 0.717) is 24.3 Å². The molecule has 0 aromatic heterocycles. The topological polar surface area (TPSA) is 66.5 Å². The number of hydrogen-bond acceptors (Lipinski definition) is 3. The lowest BCUT2D eigenvalue weighted by Gasteiger charge is -2.19. The minimum absolute atomic E-state index is 0.181. The van der Waals surface area contributed by atoms with Gasteiger partial charge in [0, 0.05) is 24.3 Å². The molecule has 1 N–H and O–H groups in total. The summed E-state index contributed by atoms with van der Waals surface area (Å²) in [5.41, 5.74) is 2.90. The number of aryl methyl sites for hydroxylation is 2. The third-order valence-corrected chi connectivity index (χ3v) is 6.16. The second-order valence-corrected chi connectivity index (χ2v) is 7.82. The summed E-state index contributed by atoms with van der Waals surface area (Å²) in [7, 11) is -3.56. The first kappa shape index (κ1) is 19.1. The zero-order chi connectivity index (χ0) is 18.6. The quantitative estimate of drug-likeness (QED) is 0.856. The van der Waals surface area contributed by atoms with E-state index in [1.165, 1.54) is 10.4 Å². The summed E-state index contributed by atoms with van der Waals surface area (Å²) in [5.74, 6) is -0.263. The van der Waals surface area contributed by atoms with Gasteiger partial charge >= 0.3 is 0 Å². The summed E-state index contributed by atoms with van der Waals surface area (Å²) in [5, 5.41) is 2.81. The number of nitrogens with one attached hydrogen (secondary N) is 1. The number of anilines is 1. The number of nitrogens with zero attached hydrogens (tertiary/aromatic N) is 1. The Hall–Kier alpha value is -2.18. The SMILES string of the molecule is CCN(CC)S(=O)(=O)c1ccc(C)c(NC(=O)c2ccc(C)cc2)c1. The molecule has 0 bridgehead atoms. The lowest BCUT2D eigenvalue weighted by Crippen LogP contribution is -2.30. The summed E-state index contributed by atoms with van der Waals surface area (Å²) in [6.07, 6.45) is 0. The number of hydrogen-bond donors (Lipinski definition) is 1. The standard InChI is InChI=1S/C19H24N2O3S/c1-5-21(6-2)25(23,24)17-12-9-15(4)18(13-17)20-19(22)16-10-7-14(3)8-11-16/h7-13H,5-6H2,1-4H3,(H,20,22). The normalized spacial score (nSPS) is 11.6. The van der Waals surface area contributed by atoms with Crippen LogP contribution in [-0.2, 0) is 10.0 Å². The molecule has 0 aliphatic rings. The monoisotopic (exact) mass is 360 g/mol. The van der Waals surface area contributed by atoms with Crippen molar-refractivity contribution >= 4 is 21.6 Å². The van der Waals surface area contributed by atoms with Crippen LogP contribution in [0.25, 0.3) is 0 Å². The molecule has 2 aromatic carbocycles. The van der Waals surface area contributed by atoms with Crippen LogP contribution in [0.1, 0.15) is 35.3 Å². The highest BCUT2D eigenvalue weighted by Gasteiger charge is 2.22. The van der Waals surface area contributed by atoms with Crippen molar-refractivity contribution in [3.8, 4) is 0 Å². The van der Waals surface area contributed by atoms with Crippen LogP contribution in [0.2, 0.25) is 0 Å². The molecule has 0 heterocycles. The first-order valence-electron chi connectivity index (χ1n) is 8.28. The Labute approximate surface area is 149 Å². The number of sulfonamides is 1. The Kier molecular flexibility index (Phi) is 5.98. The molecule has 0 unspecified atom stereocenters. The van der Waals surface area contributed by atoms with E-state index in [0.717, 1.165) is 11.1 Å². The fourth-order valence-corrected chi connectivity index (χ4v) is 3.99. The van der Waals surface area contributed by atoms with Crippen molar-refractivity contribution in [2.75, 3.05) is 18.4 Å². The Morgan fingerprint density at radius 1 is 1.00 bits per heavy atom. The summed E-state index contributed by atoms with van der Waals surface area (Å²) in [4.78, 5) is 12.6. The molecule has 0 radical (unpaired) electrons. The smallest absolute Gasteiger partial charge is 0.255 e. The van der Waals surface area contributed by atoms with Crippen LogP contribution in [0.4, 0.5) is 5.69 Å². The molecule has 5 nitrogen and oxygen atoms in total. The van der Waals surface area contributed by atoms with E-state index in [4.69, 9.17) is 0 Å². The molecule has 0 fully saturated rings. The number of benzene rings is 2. The Morgan fingerprint density at radius 2 is 1.60 bits per heavy atom. The van der Waals surface area contributed by atoms with Crippen LogP contribution in [0.15, 0.2) is 47.4 Å². The maximum Gasteiger partial charge on any atom is 0.255 e. The second kappa shape index (κ2) is 7.80. The van der Waals surface area contributed by atoms with E-state index >= 15 is 0 Å². The lowest BCUT2D eigenvalue weighted by molar-refractivity contribution is 0.102. The van der Waals surface area contributed by atoms with Gasteiger partial charge in [-0.05, 0) is 43.7 Å². The fraction of sp³-hybridized carbons (Fsp3) is 0.316. The third kappa shape index (κ3) is 4.27. The van der Waals surface area contributed by atoms with Crippen molar-refractivity contribution in [2.24, 2.45) is 0 Å². The molecule has 6 heteroatoms. The highest BCUT2D eigenvalue weighted by atomic mass is 32.2. The zero-order valence-electron chi connectivity index (χ0n) is 15.0. The molecule has 1 amide bonds. The summed E-state index contributed by atoms with van der Waals surface area (Å²) in [6.45, 7) is 8.19. The molecule has 0 aliphatic carbocycles. The van der Waals surface area contributed by atoms with Crippen LogP contribution in [0, 0.1) is 13.8 Å². The molecular formula is C19H24N2O3S. The van der Waals surface area contributed by atoms with E-state index in [2.05, 4.69) is 5.32 Å². The first-order valence-corrected chi connectivity index (χ1v) is 9.72. The van der Waals surface area contributed by atoms with E-state index in [1.54, 1.807) is 38.1 Å². The average molecular weight is 360 g/mol. The first-order chi connectivity index (χ1) is 11.8. The highest BCUT2D eigenvalue weighted by molar-refractivity contribution is 7.89. The van der Waals surface area contributed by atoms with Gasteiger partial charge in [0.25, 0.3) is 5.91 Å². The number of carbonyl (C=O) groups excluding carboxylic acids is 1. The van der Waals surface area contributed by atoms with Crippen molar-refractivity contribution in [1.29, 1.82) is 0 Å². The van der Waals surface area contributed by atoms with Gasteiger partial charge in [0.05, 0.1) is 4.90 Å². The maximum atomic E-state index is 12.7.